The average molecular weight is 288 g/mol. The largest absolute Gasteiger partial charge is 0.350 e. The SMILES string of the molecule is CC(C)(C)Nc1nc(N2OCC23CCC3)c2[nH]cnc2n1. The Morgan fingerprint density at radius 1 is 1.33 bits per heavy atom. The molecule has 7 nitrogen and oxygen atoms in total. The second-order valence-electron chi connectivity index (χ2n) is 6.99. The molecular weight excluding hydrogens is 268 g/mol. The Labute approximate surface area is 123 Å². The number of rotatable bonds is 2. The van der Waals surface area contributed by atoms with Crippen LogP contribution in [0.5, 0.6) is 0 Å². The number of hydrogen-bond acceptors (Lipinski definition) is 6. The van der Waals surface area contributed by atoms with E-state index in [-0.39, 0.29) is 11.1 Å². The fraction of sp³-hybridized carbons (Fsp3) is 0.643. The third-order valence-corrected chi connectivity index (χ3v) is 4.12. The van der Waals surface area contributed by atoms with E-state index < -0.39 is 0 Å². The van der Waals surface area contributed by atoms with Gasteiger partial charge in [-0.05, 0) is 40.0 Å². The molecule has 2 fully saturated rings. The van der Waals surface area contributed by atoms with E-state index in [2.05, 4.69) is 46.0 Å². The van der Waals surface area contributed by atoms with Crippen LogP contribution in [0.1, 0.15) is 40.0 Å². The number of H-pyrrole nitrogens is 1. The molecule has 2 aromatic heterocycles. The molecule has 0 aromatic carbocycles. The van der Waals surface area contributed by atoms with E-state index in [0.717, 1.165) is 30.8 Å². The fourth-order valence-corrected chi connectivity index (χ4v) is 2.89. The maximum atomic E-state index is 5.70. The van der Waals surface area contributed by atoms with Gasteiger partial charge in [0.05, 0.1) is 11.9 Å². The zero-order valence-corrected chi connectivity index (χ0v) is 12.6. The summed E-state index contributed by atoms with van der Waals surface area (Å²) in [7, 11) is 0. The molecule has 112 valence electrons. The zero-order chi connectivity index (χ0) is 14.7. The summed E-state index contributed by atoms with van der Waals surface area (Å²) in [6.07, 6.45) is 5.23. The molecule has 7 heteroatoms. The van der Waals surface area contributed by atoms with Gasteiger partial charge in [-0.15, -0.1) is 0 Å². The van der Waals surface area contributed by atoms with Crippen LogP contribution in [0.4, 0.5) is 11.8 Å². The van der Waals surface area contributed by atoms with Crippen LogP contribution in [0.25, 0.3) is 11.2 Å². The quantitative estimate of drug-likeness (QED) is 0.882. The lowest BCUT2D eigenvalue weighted by Crippen LogP contribution is -2.67. The molecule has 0 radical (unpaired) electrons. The van der Waals surface area contributed by atoms with Gasteiger partial charge in [-0.2, -0.15) is 9.97 Å². The molecule has 4 rings (SSSR count). The first-order valence-corrected chi connectivity index (χ1v) is 7.39. The van der Waals surface area contributed by atoms with Crippen LogP contribution >= 0.6 is 0 Å². The number of nitrogens with zero attached hydrogens (tertiary/aromatic N) is 4. The van der Waals surface area contributed by atoms with Crippen molar-refractivity contribution in [2.24, 2.45) is 0 Å². The van der Waals surface area contributed by atoms with Crippen molar-refractivity contribution in [1.82, 2.24) is 19.9 Å². The van der Waals surface area contributed by atoms with Gasteiger partial charge >= 0.3 is 0 Å². The topological polar surface area (TPSA) is 79.0 Å². The first kappa shape index (κ1) is 12.8. The summed E-state index contributed by atoms with van der Waals surface area (Å²) in [5.74, 6) is 1.37. The Bertz CT molecular complexity index is 679. The van der Waals surface area contributed by atoms with Crippen LogP contribution in [0.15, 0.2) is 6.33 Å². The number of aromatic nitrogens is 4. The Hall–Kier alpha value is -1.89. The Morgan fingerprint density at radius 3 is 2.71 bits per heavy atom. The molecule has 3 heterocycles. The fourth-order valence-electron chi connectivity index (χ4n) is 2.89. The van der Waals surface area contributed by atoms with Gasteiger partial charge < -0.3 is 10.3 Å². The van der Waals surface area contributed by atoms with Crippen molar-refractivity contribution in [2.75, 3.05) is 17.0 Å². The second-order valence-corrected chi connectivity index (χ2v) is 6.99. The number of hydrogen-bond donors (Lipinski definition) is 2. The maximum absolute atomic E-state index is 5.70. The van der Waals surface area contributed by atoms with Crippen molar-refractivity contribution in [1.29, 1.82) is 0 Å². The number of nitrogens with one attached hydrogen (secondary N) is 2. The molecule has 0 atom stereocenters. The minimum atomic E-state index is -0.106. The van der Waals surface area contributed by atoms with E-state index in [1.54, 1.807) is 6.33 Å². The summed E-state index contributed by atoms with van der Waals surface area (Å²) in [5, 5.41) is 5.26. The summed E-state index contributed by atoms with van der Waals surface area (Å²) in [6.45, 7) is 7.03. The van der Waals surface area contributed by atoms with Gasteiger partial charge in [0.1, 0.15) is 12.1 Å². The van der Waals surface area contributed by atoms with Gasteiger partial charge in [0.15, 0.2) is 11.5 Å². The van der Waals surface area contributed by atoms with Gasteiger partial charge in [0.25, 0.3) is 0 Å². The highest BCUT2D eigenvalue weighted by atomic mass is 16.7. The predicted molar refractivity (Wildman–Crippen MR) is 80.1 cm³/mol. The molecule has 2 N–H and O–H groups in total. The molecule has 1 spiro atoms. The first-order chi connectivity index (χ1) is 9.97. The average Bonchev–Trinajstić information content (AvgIpc) is 2.71. The third-order valence-electron chi connectivity index (χ3n) is 4.12. The number of anilines is 2. The monoisotopic (exact) mass is 288 g/mol. The molecule has 21 heavy (non-hydrogen) atoms. The van der Waals surface area contributed by atoms with Gasteiger partial charge in [0, 0.05) is 5.54 Å². The highest BCUT2D eigenvalue weighted by molar-refractivity contribution is 5.84. The van der Waals surface area contributed by atoms with E-state index in [4.69, 9.17) is 4.84 Å². The molecule has 2 aromatic rings. The number of fused-ring (bicyclic) bond motifs is 1. The summed E-state index contributed by atoms with van der Waals surface area (Å²) < 4.78 is 0. The van der Waals surface area contributed by atoms with Crippen LogP contribution in [0.2, 0.25) is 0 Å². The normalized spacial score (nSPS) is 20.4. The van der Waals surface area contributed by atoms with Gasteiger partial charge in [0.2, 0.25) is 5.95 Å². The standard InChI is InChI=1S/C14H20N6O/c1-13(2,3)19-12-17-10-9(15-8-16-10)11(18-12)20-14(7-21-20)5-4-6-14/h8H,4-7H2,1-3H3,(H2,15,16,17,18,19). The van der Waals surface area contributed by atoms with Crippen molar-refractivity contribution >= 4 is 22.9 Å². The molecule has 0 amide bonds. The molecule has 0 bridgehead atoms. The molecule has 1 aliphatic carbocycles. The Kier molecular flexibility index (Phi) is 2.48. The van der Waals surface area contributed by atoms with E-state index >= 15 is 0 Å². The highest BCUT2D eigenvalue weighted by Crippen LogP contribution is 2.47. The summed E-state index contributed by atoms with van der Waals surface area (Å²) >= 11 is 0. The van der Waals surface area contributed by atoms with Crippen molar-refractivity contribution in [3.05, 3.63) is 6.33 Å². The van der Waals surface area contributed by atoms with E-state index in [1.165, 1.54) is 6.42 Å². The smallest absolute Gasteiger partial charge is 0.227 e. The molecule has 0 unspecified atom stereocenters. The van der Waals surface area contributed by atoms with Crippen molar-refractivity contribution in [3.8, 4) is 0 Å². The van der Waals surface area contributed by atoms with Gasteiger partial charge in [-0.3, -0.25) is 4.84 Å². The Morgan fingerprint density at radius 2 is 2.14 bits per heavy atom. The third kappa shape index (κ3) is 1.95. The lowest BCUT2D eigenvalue weighted by molar-refractivity contribution is -0.124. The number of aromatic amines is 1. The molecule has 2 aliphatic rings. The first-order valence-electron chi connectivity index (χ1n) is 7.39. The Balaban J connectivity index is 1.77. The molecular formula is C14H20N6O. The summed E-state index contributed by atoms with van der Waals surface area (Å²) in [4.78, 5) is 22.2. The lowest BCUT2D eigenvalue weighted by Gasteiger charge is -2.56. The van der Waals surface area contributed by atoms with Crippen LogP contribution in [-0.2, 0) is 4.84 Å². The number of hydroxylamine groups is 1. The van der Waals surface area contributed by atoms with E-state index in [1.807, 2.05) is 5.06 Å². The van der Waals surface area contributed by atoms with Crippen molar-refractivity contribution in [2.45, 2.75) is 51.1 Å². The molecule has 1 aliphatic heterocycles. The van der Waals surface area contributed by atoms with Crippen LogP contribution in [0.3, 0.4) is 0 Å². The number of imidazole rings is 1. The van der Waals surface area contributed by atoms with Gasteiger partial charge in [-0.25, -0.2) is 10.0 Å². The minimum absolute atomic E-state index is 0.106. The van der Waals surface area contributed by atoms with Gasteiger partial charge in [-0.1, -0.05) is 0 Å². The van der Waals surface area contributed by atoms with Crippen LogP contribution in [0, 0.1) is 0 Å². The van der Waals surface area contributed by atoms with Crippen LogP contribution in [-0.4, -0.2) is 37.6 Å². The van der Waals surface area contributed by atoms with E-state index in [0.29, 0.717) is 11.6 Å². The second kappa shape index (κ2) is 4.07. The summed E-state index contributed by atoms with van der Waals surface area (Å²) in [5.41, 5.74) is 1.54. The highest BCUT2D eigenvalue weighted by Gasteiger charge is 2.53. The lowest BCUT2D eigenvalue weighted by atomic mass is 9.75. The van der Waals surface area contributed by atoms with E-state index in [9.17, 15) is 0 Å². The van der Waals surface area contributed by atoms with Crippen molar-refractivity contribution < 1.29 is 4.84 Å². The zero-order valence-electron chi connectivity index (χ0n) is 12.6. The predicted octanol–water partition coefficient (Wildman–Crippen LogP) is 2.24. The molecule has 1 saturated carbocycles. The summed E-state index contributed by atoms with van der Waals surface area (Å²) in [6, 6.07) is 0. The van der Waals surface area contributed by atoms with Crippen LogP contribution < -0.4 is 10.4 Å². The van der Waals surface area contributed by atoms with Crippen molar-refractivity contribution in [3.63, 3.8) is 0 Å². The maximum Gasteiger partial charge on any atom is 0.227 e. The molecule has 1 saturated heterocycles. The minimum Gasteiger partial charge on any atom is -0.350 e.